The van der Waals surface area contributed by atoms with Gasteiger partial charge in [0.05, 0.1) is 4.90 Å². The fourth-order valence-electron chi connectivity index (χ4n) is 1.91. The lowest BCUT2D eigenvalue weighted by atomic mass is 10.2. The highest BCUT2D eigenvalue weighted by atomic mass is 35.5. The highest BCUT2D eigenvalue weighted by Crippen LogP contribution is 2.18. The highest BCUT2D eigenvalue weighted by Gasteiger charge is 2.20. The summed E-state index contributed by atoms with van der Waals surface area (Å²) < 4.78 is 39.2. The second-order valence-electron chi connectivity index (χ2n) is 4.67. The van der Waals surface area contributed by atoms with Gasteiger partial charge in [-0.15, -0.1) is 11.6 Å². The zero-order valence-corrected chi connectivity index (χ0v) is 13.0. The Morgan fingerprint density at radius 2 is 1.76 bits per heavy atom. The van der Waals surface area contributed by atoms with Crippen molar-refractivity contribution in [2.45, 2.75) is 17.3 Å². The summed E-state index contributed by atoms with van der Waals surface area (Å²) in [5.74, 6) is -0.0517. The fourth-order valence-corrected chi connectivity index (χ4v) is 3.24. The molecule has 0 unspecified atom stereocenters. The standard InChI is InChI=1S/C15H15ClFNO2S/c1-18(11-13-3-2-4-14(17)9-13)21(19,20)15-7-5-12(10-16)6-8-15/h2-9H,10-11H2,1H3. The van der Waals surface area contributed by atoms with Crippen LogP contribution in [0.5, 0.6) is 0 Å². The molecule has 0 spiro atoms. The van der Waals surface area contributed by atoms with Crippen LogP contribution in [0.4, 0.5) is 4.39 Å². The zero-order valence-electron chi connectivity index (χ0n) is 11.5. The van der Waals surface area contributed by atoms with Gasteiger partial charge in [-0.25, -0.2) is 12.8 Å². The third-order valence-corrected chi connectivity index (χ3v) is 5.21. The maximum absolute atomic E-state index is 13.1. The first kappa shape index (κ1) is 15.9. The number of rotatable bonds is 5. The van der Waals surface area contributed by atoms with Gasteiger partial charge >= 0.3 is 0 Å². The van der Waals surface area contributed by atoms with Crippen LogP contribution in [0.3, 0.4) is 0 Å². The van der Waals surface area contributed by atoms with Crippen LogP contribution in [0.25, 0.3) is 0 Å². The lowest BCUT2D eigenvalue weighted by Gasteiger charge is -2.17. The van der Waals surface area contributed by atoms with E-state index in [1.807, 2.05) is 0 Å². The molecule has 0 aliphatic carbocycles. The first-order valence-corrected chi connectivity index (χ1v) is 8.26. The van der Waals surface area contributed by atoms with Crippen LogP contribution >= 0.6 is 11.6 Å². The van der Waals surface area contributed by atoms with Gasteiger partial charge in [-0.2, -0.15) is 4.31 Å². The van der Waals surface area contributed by atoms with Crippen molar-refractivity contribution in [3.63, 3.8) is 0 Å². The normalized spacial score (nSPS) is 11.8. The van der Waals surface area contributed by atoms with E-state index in [2.05, 4.69) is 0 Å². The van der Waals surface area contributed by atoms with Crippen LogP contribution in [0.15, 0.2) is 53.4 Å². The van der Waals surface area contributed by atoms with E-state index in [0.29, 0.717) is 11.4 Å². The van der Waals surface area contributed by atoms with Gasteiger partial charge in [0, 0.05) is 19.5 Å². The lowest BCUT2D eigenvalue weighted by Crippen LogP contribution is -2.26. The Kier molecular flexibility index (Phi) is 4.98. The van der Waals surface area contributed by atoms with Crippen molar-refractivity contribution in [1.82, 2.24) is 4.31 Å². The Morgan fingerprint density at radius 1 is 1.10 bits per heavy atom. The molecule has 2 aromatic rings. The van der Waals surface area contributed by atoms with Crippen molar-refractivity contribution in [3.8, 4) is 0 Å². The van der Waals surface area contributed by atoms with Crippen LogP contribution in [-0.2, 0) is 22.4 Å². The average molecular weight is 328 g/mol. The van der Waals surface area contributed by atoms with E-state index in [0.717, 1.165) is 5.56 Å². The summed E-state index contributed by atoms with van der Waals surface area (Å²) >= 11 is 5.68. The third-order valence-electron chi connectivity index (χ3n) is 3.08. The molecule has 0 aliphatic rings. The molecule has 0 atom stereocenters. The van der Waals surface area contributed by atoms with E-state index in [4.69, 9.17) is 11.6 Å². The number of nitrogens with zero attached hydrogens (tertiary/aromatic N) is 1. The summed E-state index contributed by atoms with van der Waals surface area (Å²) in [6.45, 7) is 0.108. The van der Waals surface area contributed by atoms with Gasteiger partial charge < -0.3 is 0 Å². The highest BCUT2D eigenvalue weighted by molar-refractivity contribution is 7.89. The van der Waals surface area contributed by atoms with Gasteiger partial charge in [-0.1, -0.05) is 24.3 Å². The van der Waals surface area contributed by atoms with E-state index >= 15 is 0 Å². The maximum Gasteiger partial charge on any atom is 0.243 e. The third kappa shape index (κ3) is 3.81. The molecular weight excluding hydrogens is 313 g/mol. The van der Waals surface area contributed by atoms with Gasteiger partial charge in [0.15, 0.2) is 0 Å². The molecule has 21 heavy (non-hydrogen) atoms. The number of alkyl halides is 1. The molecule has 0 saturated heterocycles. The summed E-state index contributed by atoms with van der Waals surface area (Å²) in [5, 5.41) is 0. The first-order valence-electron chi connectivity index (χ1n) is 6.29. The van der Waals surface area contributed by atoms with Gasteiger partial charge in [0.2, 0.25) is 10.0 Å². The smallest absolute Gasteiger partial charge is 0.207 e. The predicted molar refractivity (Wildman–Crippen MR) is 81.1 cm³/mol. The fraction of sp³-hybridized carbons (Fsp3) is 0.200. The Bertz CT molecular complexity index is 717. The number of sulfonamides is 1. The van der Waals surface area contributed by atoms with Crippen molar-refractivity contribution in [2.75, 3.05) is 7.05 Å². The molecule has 2 rings (SSSR count). The predicted octanol–water partition coefficient (Wildman–Crippen LogP) is 3.39. The molecule has 0 N–H and O–H groups in total. The van der Waals surface area contributed by atoms with Crippen molar-refractivity contribution < 1.29 is 12.8 Å². The first-order chi connectivity index (χ1) is 9.93. The topological polar surface area (TPSA) is 37.4 Å². The molecule has 0 aromatic heterocycles. The lowest BCUT2D eigenvalue weighted by molar-refractivity contribution is 0.465. The molecule has 112 valence electrons. The Labute approximate surface area is 129 Å². The summed E-state index contributed by atoms with van der Waals surface area (Å²) in [6.07, 6.45) is 0. The monoisotopic (exact) mass is 327 g/mol. The average Bonchev–Trinajstić information content (AvgIpc) is 2.47. The molecular formula is C15H15ClFNO2S. The summed E-state index contributed by atoms with van der Waals surface area (Å²) in [4.78, 5) is 0.190. The second-order valence-corrected chi connectivity index (χ2v) is 6.98. The Hall–Kier alpha value is -1.43. The van der Waals surface area contributed by atoms with E-state index in [-0.39, 0.29) is 17.3 Å². The van der Waals surface area contributed by atoms with Crippen LogP contribution in [0.1, 0.15) is 11.1 Å². The van der Waals surface area contributed by atoms with Crippen LogP contribution < -0.4 is 0 Å². The van der Waals surface area contributed by atoms with Crippen molar-refractivity contribution in [3.05, 3.63) is 65.5 Å². The SMILES string of the molecule is CN(Cc1cccc(F)c1)S(=O)(=O)c1ccc(CCl)cc1. The van der Waals surface area contributed by atoms with Crippen LogP contribution in [0.2, 0.25) is 0 Å². The van der Waals surface area contributed by atoms with Crippen molar-refractivity contribution >= 4 is 21.6 Å². The minimum absolute atomic E-state index is 0.108. The summed E-state index contributed by atoms with van der Waals surface area (Å²) in [5.41, 5.74) is 1.45. The minimum Gasteiger partial charge on any atom is -0.207 e. The Balaban J connectivity index is 2.21. The summed E-state index contributed by atoms with van der Waals surface area (Å²) in [6, 6.07) is 12.3. The van der Waals surface area contributed by atoms with Crippen molar-refractivity contribution in [1.29, 1.82) is 0 Å². The zero-order chi connectivity index (χ0) is 15.5. The molecule has 0 fully saturated rings. The molecule has 6 heteroatoms. The quantitative estimate of drug-likeness (QED) is 0.789. The maximum atomic E-state index is 13.1. The minimum atomic E-state index is -3.61. The van der Waals surface area contributed by atoms with Gasteiger partial charge in [-0.05, 0) is 35.4 Å². The second kappa shape index (κ2) is 6.56. The number of halogens is 2. The van der Waals surface area contributed by atoms with Gasteiger partial charge in [0.25, 0.3) is 0 Å². The Morgan fingerprint density at radius 3 is 2.33 bits per heavy atom. The number of hydrogen-bond acceptors (Lipinski definition) is 2. The van der Waals surface area contributed by atoms with Crippen LogP contribution in [-0.4, -0.2) is 19.8 Å². The largest absolute Gasteiger partial charge is 0.243 e. The molecule has 0 amide bonds. The van der Waals surface area contributed by atoms with E-state index < -0.39 is 10.0 Å². The van der Waals surface area contributed by atoms with Crippen molar-refractivity contribution in [2.24, 2.45) is 0 Å². The molecule has 3 nitrogen and oxygen atoms in total. The van der Waals surface area contributed by atoms with E-state index in [9.17, 15) is 12.8 Å². The molecule has 0 aliphatic heterocycles. The number of benzene rings is 2. The number of hydrogen-bond donors (Lipinski definition) is 0. The van der Waals surface area contributed by atoms with E-state index in [1.54, 1.807) is 24.3 Å². The van der Waals surface area contributed by atoms with Gasteiger partial charge in [-0.3, -0.25) is 0 Å². The molecule has 2 aromatic carbocycles. The molecule has 0 heterocycles. The van der Waals surface area contributed by atoms with Gasteiger partial charge in [0.1, 0.15) is 5.82 Å². The summed E-state index contributed by atoms with van der Waals surface area (Å²) in [7, 11) is -2.14. The molecule has 0 saturated carbocycles. The van der Waals surface area contributed by atoms with Crippen LogP contribution in [0, 0.1) is 5.82 Å². The molecule has 0 bridgehead atoms. The molecule has 0 radical (unpaired) electrons. The van der Waals surface area contributed by atoms with E-state index in [1.165, 1.54) is 35.6 Å².